The zero-order chi connectivity index (χ0) is 14.2. The number of aromatic nitrogens is 4. The number of hydrogen-bond acceptors (Lipinski definition) is 4. The molecule has 0 amide bonds. The minimum absolute atomic E-state index is 0.305. The van der Waals surface area contributed by atoms with E-state index in [1.165, 1.54) is 11.6 Å². The SMILES string of the molecule is CC(C)NCCn1cnc2c1c(=O)n(C)c(=O)n2C. The van der Waals surface area contributed by atoms with Crippen LogP contribution in [0.2, 0.25) is 0 Å². The molecule has 2 rings (SSSR count). The molecule has 0 aliphatic rings. The molecule has 7 nitrogen and oxygen atoms in total. The molecule has 0 saturated heterocycles. The standard InChI is InChI=1S/C12H19N5O2/c1-8(2)13-5-6-17-7-14-10-9(17)11(18)16(4)12(19)15(10)3/h7-8,13H,5-6H2,1-4H3. The molecule has 0 fully saturated rings. The van der Waals surface area contributed by atoms with Crippen LogP contribution in [0.5, 0.6) is 0 Å². The highest BCUT2D eigenvalue weighted by Crippen LogP contribution is 2.04. The van der Waals surface area contributed by atoms with Gasteiger partial charge in [0.05, 0.1) is 6.33 Å². The molecule has 0 aliphatic heterocycles. The van der Waals surface area contributed by atoms with Gasteiger partial charge in [-0.05, 0) is 0 Å². The van der Waals surface area contributed by atoms with Crippen LogP contribution in [-0.4, -0.2) is 31.3 Å². The van der Waals surface area contributed by atoms with Crippen LogP contribution in [-0.2, 0) is 20.6 Å². The Balaban J connectivity index is 2.48. The third kappa shape index (κ3) is 2.33. The van der Waals surface area contributed by atoms with Gasteiger partial charge in [-0.3, -0.25) is 13.9 Å². The van der Waals surface area contributed by atoms with Crippen LogP contribution < -0.4 is 16.6 Å². The van der Waals surface area contributed by atoms with Crippen LogP contribution in [0, 0.1) is 0 Å². The molecule has 0 saturated carbocycles. The normalized spacial score (nSPS) is 11.6. The van der Waals surface area contributed by atoms with Gasteiger partial charge in [-0.25, -0.2) is 9.78 Å². The second-order valence-electron chi connectivity index (χ2n) is 4.92. The lowest BCUT2D eigenvalue weighted by atomic mass is 10.4. The summed E-state index contributed by atoms with van der Waals surface area (Å²) in [6.45, 7) is 5.51. The predicted molar refractivity (Wildman–Crippen MR) is 73.4 cm³/mol. The summed E-state index contributed by atoms with van der Waals surface area (Å²) in [5, 5.41) is 3.28. The van der Waals surface area contributed by atoms with E-state index in [9.17, 15) is 9.59 Å². The maximum Gasteiger partial charge on any atom is 0.332 e. The van der Waals surface area contributed by atoms with E-state index in [4.69, 9.17) is 0 Å². The van der Waals surface area contributed by atoms with Crippen molar-refractivity contribution in [3.63, 3.8) is 0 Å². The summed E-state index contributed by atoms with van der Waals surface area (Å²) in [5.74, 6) is 0. The number of nitrogens with one attached hydrogen (secondary N) is 1. The molecule has 0 spiro atoms. The van der Waals surface area contributed by atoms with Gasteiger partial charge in [0, 0.05) is 33.2 Å². The molecular weight excluding hydrogens is 246 g/mol. The zero-order valence-electron chi connectivity index (χ0n) is 11.7. The molecule has 0 radical (unpaired) electrons. The number of hydrogen-bond donors (Lipinski definition) is 1. The lowest BCUT2D eigenvalue weighted by molar-refractivity contribution is 0.545. The molecule has 2 heterocycles. The highest BCUT2D eigenvalue weighted by molar-refractivity contribution is 5.69. The van der Waals surface area contributed by atoms with Crippen molar-refractivity contribution in [3.8, 4) is 0 Å². The van der Waals surface area contributed by atoms with E-state index in [1.807, 2.05) is 0 Å². The summed E-state index contributed by atoms with van der Waals surface area (Å²) in [5.41, 5.74) is 0.232. The third-order valence-electron chi connectivity index (χ3n) is 3.12. The van der Waals surface area contributed by atoms with E-state index >= 15 is 0 Å². The molecule has 19 heavy (non-hydrogen) atoms. The van der Waals surface area contributed by atoms with E-state index < -0.39 is 0 Å². The van der Waals surface area contributed by atoms with Crippen LogP contribution in [0.15, 0.2) is 15.9 Å². The van der Waals surface area contributed by atoms with E-state index in [0.717, 1.165) is 11.1 Å². The van der Waals surface area contributed by atoms with Crippen molar-refractivity contribution in [2.24, 2.45) is 14.1 Å². The van der Waals surface area contributed by atoms with Crippen molar-refractivity contribution in [2.45, 2.75) is 26.4 Å². The third-order valence-corrected chi connectivity index (χ3v) is 3.12. The first kappa shape index (κ1) is 13.5. The van der Waals surface area contributed by atoms with Gasteiger partial charge in [0.1, 0.15) is 0 Å². The molecule has 104 valence electrons. The minimum Gasteiger partial charge on any atom is -0.323 e. The fourth-order valence-electron chi connectivity index (χ4n) is 2.04. The summed E-state index contributed by atoms with van der Waals surface area (Å²) < 4.78 is 4.28. The van der Waals surface area contributed by atoms with Crippen molar-refractivity contribution in [1.29, 1.82) is 0 Å². The molecule has 1 N–H and O–H groups in total. The van der Waals surface area contributed by atoms with Gasteiger partial charge in [-0.15, -0.1) is 0 Å². The van der Waals surface area contributed by atoms with Crippen molar-refractivity contribution in [2.75, 3.05) is 6.54 Å². The second-order valence-corrected chi connectivity index (χ2v) is 4.92. The summed E-state index contributed by atoms with van der Waals surface area (Å²) in [6.07, 6.45) is 1.60. The maximum absolute atomic E-state index is 12.1. The smallest absolute Gasteiger partial charge is 0.323 e. The minimum atomic E-state index is -0.358. The van der Waals surface area contributed by atoms with Gasteiger partial charge in [0.15, 0.2) is 11.2 Å². The monoisotopic (exact) mass is 265 g/mol. The molecule has 0 aliphatic carbocycles. The van der Waals surface area contributed by atoms with Gasteiger partial charge < -0.3 is 9.88 Å². The van der Waals surface area contributed by atoms with E-state index in [2.05, 4.69) is 24.1 Å². The first-order valence-corrected chi connectivity index (χ1v) is 6.27. The van der Waals surface area contributed by atoms with Crippen molar-refractivity contribution < 1.29 is 0 Å². The van der Waals surface area contributed by atoms with Crippen LogP contribution in [0.25, 0.3) is 11.2 Å². The summed E-state index contributed by atoms with van der Waals surface area (Å²) in [4.78, 5) is 28.1. The first-order chi connectivity index (χ1) is 8.93. The Morgan fingerprint density at radius 1 is 1.26 bits per heavy atom. The van der Waals surface area contributed by atoms with Gasteiger partial charge in [-0.1, -0.05) is 13.8 Å². The molecule has 0 aromatic carbocycles. The Morgan fingerprint density at radius 2 is 1.95 bits per heavy atom. The molecule has 0 bridgehead atoms. The Bertz CT molecular complexity index is 707. The largest absolute Gasteiger partial charge is 0.332 e. The topological polar surface area (TPSA) is 73.8 Å². The van der Waals surface area contributed by atoms with Gasteiger partial charge >= 0.3 is 5.69 Å². The average molecular weight is 265 g/mol. The molecule has 2 aromatic heterocycles. The first-order valence-electron chi connectivity index (χ1n) is 6.27. The average Bonchev–Trinajstić information content (AvgIpc) is 2.77. The highest BCUT2D eigenvalue weighted by Gasteiger charge is 2.13. The van der Waals surface area contributed by atoms with Crippen LogP contribution in [0.1, 0.15) is 13.8 Å². The summed E-state index contributed by atoms with van der Waals surface area (Å²) >= 11 is 0. The summed E-state index contributed by atoms with van der Waals surface area (Å²) in [6, 6.07) is 0.391. The van der Waals surface area contributed by atoms with Crippen molar-refractivity contribution in [1.82, 2.24) is 24.0 Å². The van der Waals surface area contributed by atoms with Gasteiger partial charge in [0.2, 0.25) is 0 Å². The molecule has 0 unspecified atom stereocenters. The fraction of sp³-hybridized carbons (Fsp3) is 0.583. The highest BCUT2D eigenvalue weighted by atomic mass is 16.2. The van der Waals surface area contributed by atoms with Crippen LogP contribution in [0.4, 0.5) is 0 Å². The van der Waals surface area contributed by atoms with E-state index in [1.54, 1.807) is 17.9 Å². The van der Waals surface area contributed by atoms with Crippen LogP contribution in [0.3, 0.4) is 0 Å². The van der Waals surface area contributed by atoms with Gasteiger partial charge in [-0.2, -0.15) is 0 Å². The van der Waals surface area contributed by atoms with E-state index in [0.29, 0.717) is 23.8 Å². The number of imidazole rings is 1. The van der Waals surface area contributed by atoms with Crippen molar-refractivity contribution >= 4 is 11.2 Å². The maximum atomic E-state index is 12.1. The lowest BCUT2D eigenvalue weighted by Gasteiger charge is -2.09. The number of nitrogens with zero attached hydrogens (tertiary/aromatic N) is 4. The molecule has 2 aromatic rings. The second kappa shape index (κ2) is 5.00. The zero-order valence-corrected chi connectivity index (χ0v) is 11.7. The fourth-order valence-corrected chi connectivity index (χ4v) is 2.04. The number of rotatable bonds is 4. The molecule has 0 atom stereocenters. The van der Waals surface area contributed by atoms with Crippen molar-refractivity contribution in [3.05, 3.63) is 27.2 Å². The Kier molecular flexibility index (Phi) is 3.57. The molecular formula is C12H19N5O2. The Hall–Kier alpha value is -1.89. The number of fused-ring (bicyclic) bond motifs is 1. The van der Waals surface area contributed by atoms with Crippen LogP contribution >= 0.6 is 0 Å². The quantitative estimate of drug-likeness (QED) is 0.803. The summed E-state index contributed by atoms with van der Waals surface area (Å²) in [7, 11) is 3.10. The Morgan fingerprint density at radius 3 is 2.58 bits per heavy atom. The number of aryl methyl sites for hydroxylation is 1. The predicted octanol–water partition coefficient (Wildman–Crippen LogP) is -0.568. The van der Waals surface area contributed by atoms with Gasteiger partial charge in [0.25, 0.3) is 5.56 Å². The van der Waals surface area contributed by atoms with E-state index in [-0.39, 0.29) is 11.2 Å². The molecule has 7 heteroatoms. The lowest BCUT2D eigenvalue weighted by Crippen LogP contribution is -2.37. The Labute approximate surface area is 110 Å².